The van der Waals surface area contributed by atoms with Crippen LogP contribution >= 0.6 is 0 Å². The molecule has 0 unspecified atom stereocenters. The molecule has 4 aromatic carbocycles. The van der Waals surface area contributed by atoms with Crippen molar-refractivity contribution in [3.8, 4) is 11.5 Å². The molecule has 0 aromatic heterocycles. The zero-order valence-electron chi connectivity index (χ0n) is 24.4. The predicted molar refractivity (Wildman–Crippen MR) is 163 cm³/mol. The highest BCUT2D eigenvalue weighted by Gasteiger charge is 2.36. The van der Waals surface area contributed by atoms with Gasteiger partial charge in [0.25, 0.3) is 0 Å². The largest absolute Gasteiger partial charge is 0.457 e. The molecule has 6 nitrogen and oxygen atoms in total. The summed E-state index contributed by atoms with van der Waals surface area (Å²) in [5.41, 5.74) is 5.56. The van der Waals surface area contributed by atoms with Crippen molar-refractivity contribution in [3.63, 3.8) is 0 Å². The molecule has 1 amide bonds. The van der Waals surface area contributed by atoms with Crippen molar-refractivity contribution in [3.05, 3.63) is 125 Å². The summed E-state index contributed by atoms with van der Waals surface area (Å²) in [7, 11) is 0. The first-order valence-corrected chi connectivity index (χ1v) is 14.1. The third-order valence-electron chi connectivity index (χ3n) is 8.09. The lowest BCUT2D eigenvalue weighted by molar-refractivity contribution is -0.147. The minimum atomic E-state index is -0.625. The molecular formula is C36H35NO5. The van der Waals surface area contributed by atoms with Crippen LogP contribution in [0, 0.1) is 19.8 Å². The maximum atomic E-state index is 12.7. The minimum absolute atomic E-state index is 0.0423. The Hall–Kier alpha value is -4.71. The van der Waals surface area contributed by atoms with E-state index in [1.54, 1.807) is 41.3 Å². The molecular weight excluding hydrogens is 526 g/mol. The molecule has 0 saturated carbocycles. The monoisotopic (exact) mass is 561 g/mol. The van der Waals surface area contributed by atoms with E-state index in [-0.39, 0.29) is 36.7 Å². The number of benzene rings is 4. The summed E-state index contributed by atoms with van der Waals surface area (Å²) in [4.78, 5) is 39.5. The number of ether oxygens (including phenoxy) is 2. The molecule has 214 valence electrons. The van der Waals surface area contributed by atoms with E-state index in [1.165, 1.54) is 11.1 Å². The third-order valence-corrected chi connectivity index (χ3v) is 8.09. The maximum Gasteiger partial charge on any atom is 0.311 e. The van der Waals surface area contributed by atoms with Crippen molar-refractivity contribution in [2.24, 2.45) is 5.92 Å². The van der Waals surface area contributed by atoms with Gasteiger partial charge >= 0.3 is 5.97 Å². The van der Waals surface area contributed by atoms with Crippen LogP contribution in [0.15, 0.2) is 97.1 Å². The normalized spacial score (nSPS) is 15.0. The van der Waals surface area contributed by atoms with Gasteiger partial charge in [-0.3, -0.25) is 14.4 Å². The van der Waals surface area contributed by atoms with Gasteiger partial charge in [0.15, 0.2) is 12.4 Å². The average Bonchev–Trinajstić information content (AvgIpc) is 3.39. The molecule has 1 aliphatic heterocycles. The van der Waals surface area contributed by atoms with Crippen molar-refractivity contribution in [2.45, 2.75) is 39.5 Å². The molecule has 1 aliphatic rings. The molecule has 0 aliphatic carbocycles. The number of nitrogens with zero attached hydrogens (tertiary/aromatic N) is 1. The number of anilines is 1. The van der Waals surface area contributed by atoms with Gasteiger partial charge in [-0.1, -0.05) is 68.4 Å². The third kappa shape index (κ3) is 6.28. The fraction of sp³-hybridized carbons (Fsp3) is 0.250. The van der Waals surface area contributed by atoms with E-state index in [0.29, 0.717) is 22.7 Å². The number of carbonyl (C=O) groups is 3. The number of amides is 1. The predicted octanol–water partition coefficient (Wildman–Crippen LogP) is 7.20. The van der Waals surface area contributed by atoms with Crippen molar-refractivity contribution in [2.75, 3.05) is 18.1 Å². The number of hydrogen-bond acceptors (Lipinski definition) is 5. The lowest BCUT2D eigenvalue weighted by Gasteiger charge is -2.26. The molecule has 4 aromatic rings. The van der Waals surface area contributed by atoms with E-state index in [9.17, 15) is 14.4 Å². The number of carbonyl (C=O) groups excluding carboxylic acids is 3. The highest BCUT2D eigenvalue weighted by Crippen LogP contribution is 2.34. The second kappa shape index (κ2) is 12.0. The molecule has 0 N–H and O–H groups in total. The van der Waals surface area contributed by atoms with Crippen LogP contribution in [0.1, 0.15) is 52.9 Å². The standard InChI is InChI=1S/C36H35NO5/c1-24-10-11-26(20-25(24)2)33(38)23-41-35(40)27-21-34(39)37(22-27)30-14-18-32(19-15-30)42-31-16-12-29(13-17-31)36(3,4)28-8-6-5-7-9-28/h5-20,27H,21-23H2,1-4H3/t27-/m0/s1. The van der Waals surface area contributed by atoms with Crippen LogP contribution in [0.25, 0.3) is 0 Å². The van der Waals surface area contributed by atoms with Crippen LogP contribution in [-0.4, -0.2) is 30.8 Å². The highest BCUT2D eigenvalue weighted by molar-refractivity contribution is 6.01. The van der Waals surface area contributed by atoms with Gasteiger partial charge in [0.05, 0.1) is 5.92 Å². The fourth-order valence-corrected chi connectivity index (χ4v) is 5.16. The van der Waals surface area contributed by atoms with Gasteiger partial charge in [0.1, 0.15) is 11.5 Å². The first-order valence-electron chi connectivity index (χ1n) is 14.1. The highest BCUT2D eigenvalue weighted by atomic mass is 16.5. The van der Waals surface area contributed by atoms with Gasteiger partial charge in [-0.2, -0.15) is 0 Å². The Morgan fingerprint density at radius 2 is 1.43 bits per heavy atom. The van der Waals surface area contributed by atoms with E-state index in [4.69, 9.17) is 9.47 Å². The summed E-state index contributed by atoms with van der Waals surface area (Å²) in [6.07, 6.45) is 0.0423. The summed E-state index contributed by atoms with van der Waals surface area (Å²) in [6, 6.07) is 31.1. The Morgan fingerprint density at radius 3 is 2.07 bits per heavy atom. The molecule has 1 heterocycles. The summed E-state index contributed by atoms with van der Waals surface area (Å²) in [5, 5.41) is 0. The average molecular weight is 562 g/mol. The van der Waals surface area contributed by atoms with Gasteiger partial charge in [-0.15, -0.1) is 0 Å². The fourth-order valence-electron chi connectivity index (χ4n) is 5.16. The molecule has 0 radical (unpaired) electrons. The zero-order valence-corrected chi connectivity index (χ0v) is 24.4. The zero-order chi connectivity index (χ0) is 29.9. The molecule has 0 bridgehead atoms. The Bertz CT molecular complexity index is 1590. The first-order chi connectivity index (χ1) is 20.1. The Balaban J connectivity index is 1.16. The minimum Gasteiger partial charge on any atom is -0.457 e. The smallest absolute Gasteiger partial charge is 0.311 e. The molecule has 42 heavy (non-hydrogen) atoms. The number of rotatable bonds is 9. The Kier molecular flexibility index (Phi) is 8.25. The maximum absolute atomic E-state index is 12.7. The second-order valence-corrected chi connectivity index (χ2v) is 11.3. The van der Waals surface area contributed by atoms with Crippen LogP contribution in [0.5, 0.6) is 11.5 Å². The van der Waals surface area contributed by atoms with E-state index < -0.39 is 11.9 Å². The number of hydrogen-bond donors (Lipinski definition) is 0. The van der Waals surface area contributed by atoms with E-state index in [0.717, 1.165) is 11.1 Å². The molecule has 1 saturated heterocycles. The summed E-state index contributed by atoms with van der Waals surface area (Å²) < 4.78 is 11.3. The lowest BCUT2D eigenvalue weighted by atomic mass is 9.78. The summed E-state index contributed by atoms with van der Waals surface area (Å²) in [6.45, 7) is 8.16. The molecule has 1 atom stereocenters. The number of ketones is 1. The van der Waals surface area contributed by atoms with Crippen LogP contribution < -0.4 is 9.64 Å². The van der Waals surface area contributed by atoms with Crippen molar-refractivity contribution in [1.82, 2.24) is 0 Å². The van der Waals surface area contributed by atoms with E-state index in [2.05, 4.69) is 50.2 Å². The Morgan fingerprint density at radius 1 is 0.810 bits per heavy atom. The number of Topliss-reactive ketones (excluding diaryl/α,β-unsaturated/α-hetero) is 1. The van der Waals surface area contributed by atoms with Crippen molar-refractivity contribution in [1.29, 1.82) is 0 Å². The SMILES string of the molecule is Cc1ccc(C(=O)COC(=O)[C@H]2CC(=O)N(c3ccc(Oc4ccc(C(C)(C)c5ccccc5)cc4)cc3)C2)cc1C. The van der Waals surface area contributed by atoms with Gasteiger partial charge in [0.2, 0.25) is 5.91 Å². The van der Waals surface area contributed by atoms with Crippen molar-refractivity contribution < 1.29 is 23.9 Å². The quantitative estimate of drug-likeness (QED) is 0.160. The van der Waals surface area contributed by atoms with Crippen LogP contribution in [0.4, 0.5) is 5.69 Å². The van der Waals surface area contributed by atoms with Gasteiger partial charge in [-0.25, -0.2) is 0 Å². The summed E-state index contributed by atoms with van der Waals surface area (Å²) >= 11 is 0. The molecule has 0 spiro atoms. The van der Waals surface area contributed by atoms with Gasteiger partial charge in [-0.05, 0) is 78.6 Å². The second-order valence-electron chi connectivity index (χ2n) is 11.3. The summed E-state index contributed by atoms with van der Waals surface area (Å²) in [5.74, 6) is -0.242. The van der Waals surface area contributed by atoms with Crippen LogP contribution in [0.3, 0.4) is 0 Å². The molecule has 1 fully saturated rings. The lowest BCUT2D eigenvalue weighted by Crippen LogP contribution is -2.27. The first kappa shape index (κ1) is 28.8. The molecule has 5 rings (SSSR count). The molecule has 6 heteroatoms. The number of esters is 1. The van der Waals surface area contributed by atoms with Crippen LogP contribution in [0.2, 0.25) is 0 Å². The Labute approximate surface area is 246 Å². The van der Waals surface area contributed by atoms with Gasteiger partial charge < -0.3 is 14.4 Å². The topological polar surface area (TPSA) is 72.9 Å². The van der Waals surface area contributed by atoms with E-state index >= 15 is 0 Å². The van der Waals surface area contributed by atoms with Crippen molar-refractivity contribution >= 4 is 23.3 Å². The van der Waals surface area contributed by atoms with E-state index in [1.807, 2.05) is 38.1 Å². The van der Waals surface area contributed by atoms with Gasteiger partial charge in [0, 0.05) is 29.6 Å². The number of aryl methyl sites for hydroxylation is 2. The van der Waals surface area contributed by atoms with Crippen LogP contribution in [-0.2, 0) is 19.7 Å².